The van der Waals surface area contributed by atoms with Crippen molar-refractivity contribution in [1.29, 1.82) is 5.26 Å². The third-order valence-electron chi connectivity index (χ3n) is 3.59. The summed E-state index contributed by atoms with van der Waals surface area (Å²) in [5.41, 5.74) is -1.67. The summed E-state index contributed by atoms with van der Waals surface area (Å²) in [6, 6.07) is 7.00. The zero-order valence-electron chi connectivity index (χ0n) is 14.4. The van der Waals surface area contributed by atoms with Crippen molar-refractivity contribution < 1.29 is 24.0 Å². The monoisotopic (exact) mass is 348 g/mol. The molecule has 0 heterocycles. The Morgan fingerprint density at radius 1 is 1.32 bits per heavy atom. The number of nitrogens with zero attached hydrogens (tertiary/aromatic N) is 2. The first-order valence-corrected chi connectivity index (χ1v) is 7.67. The van der Waals surface area contributed by atoms with Crippen molar-refractivity contribution in [3.63, 3.8) is 0 Å². The van der Waals surface area contributed by atoms with Crippen molar-refractivity contribution in [2.24, 2.45) is 5.92 Å². The fourth-order valence-electron chi connectivity index (χ4n) is 2.16. The Hall–Kier alpha value is -2.95. The highest BCUT2D eigenvalue weighted by Gasteiger charge is 2.43. The largest absolute Gasteiger partial charge is 0.469 e. The third kappa shape index (κ3) is 5.01. The topological polar surface area (TPSA) is 120 Å². The lowest BCUT2D eigenvalue weighted by Crippen LogP contribution is -2.37. The summed E-state index contributed by atoms with van der Waals surface area (Å²) in [4.78, 5) is 34.3. The summed E-state index contributed by atoms with van der Waals surface area (Å²) in [7, 11) is 1.21. The van der Waals surface area contributed by atoms with Crippen molar-refractivity contribution in [2.75, 3.05) is 13.7 Å². The second-order valence-electron chi connectivity index (χ2n) is 5.89. The van der Waals surface area contributed by atoms with Gasteiger partial charge in [-0.25, -0.2) is 4.79 Å². The lowest BCUT2D eigenvalue weighted by molar-refractivity contribution is -0.384. The van der Waals surface area contributed by atoms with Crippen LogP contribution in [0.15, 0.2) is 24.3 Å². The smallest absolute Gasteiger partial charge is 0.331 e. The maximum atomic E-state index is 12.6. The predicted octanol–water partition coefficient (Wildman–Crippen LogP) is 2.51. The summed E-state index contributed by atoms with van der Waals surface area (Å²) >= 11 is 0. The second-order valence-corrected chi connectivity index (χ2v) is 5.89. The van der Waals surface area contributed by atoms with Crippen LogP contribution in [0.4, 0.5) is 5.69 Å². The van der Waals surface area contributed by atoms with Crippen LogP contribution in [-0.2, 0) is 24.5 Å². The van der Waals surface area contributed by atoms with E-state index in [4.69, 9.17) is 4.74 Å². The molecule has 0 fully saturated rings. The predicted molar refractivity (Wildman–Crippen MR) is 87.4 cm³/mol. The molecular weight excluding hydrogens is 328 g/mol. The highest BCUT2D eigenvalue weighted by atomic mass is 16.6. The minimum atomic E-state index is -1.74. The lowest BCUT2D eigenvalue weighted by atomic mass is 9.78. The molecule has 1 atom stereocenters. The molecule has 0 bridgehead atoms. The van der Waals surface area contributed by atoms with E-state index >= 15 is 0 Å². The molecule has 8 heteroatoms. The number of nitro benzene ring substituents is 1. The van der Waals surface area contributed by atoms with E-state index in [0.717, 1.165) is 0 Å². The number of esters is 2. The minimum Gasteiger partial charge on any atom is -0.469 e. The molecule has 0 N–H and O–H groups in total. The highest BCUT2D eigenvalue weighted by Crippen LogP contribution is 2.32. The van der Waals surface area contributed by atoms with E-state index in [1.807, 2.05) is 19.9 Å². The maximum absolute atomic E-state index is 12.6. The first-order valence-electron chi connectivity index (χ1n) is 7.67. The van der Waals surface area contributed by atoms with Crippen LogP contribution in [0.1, 0.15) is 32.3 Å². The third-order valence-corrected chi connectivity index (χ3v) is 3.59. The van der Waals surface area contributed by atoms with Crippen LogP contribution in [0.25, 0.3) is 0 Å². The van der Waals surface area contributed by atoms with E-state index in [1.165, 1.54) is 31.4 Å². The zero-order valence-corrected chi connectivity index (χ0v) is 14.4. The van der Waals surface area contributed by atoms with Gasteiger partial charge in [0.15, 0.2) is 5.41 Å². The van der Waals surface area contributed by atoms with Gasteiger partial charge in [-0.2, -0.15) is 5.26 Å². The Balaban J connectivity index is 3.23. The first-order chi connectivity index (χ1) is 11.8. The normalized spacial score (nSPS) is 12.8. The van der Waals surface area contributed by atoms with Crippen LogP contribution in [0.5, 0.6) is 0 Å². The molecule has 0 spiro atoms. The lowest BCUT2D eigenvalue weighted by Gasteiger charge is -2.25. The van der Waals surface area contributed by atoms with E-state index in [1.54, 1.807) is 0 Å². The van der Waals surface area contributed by atoms with Crippen LogP contribution < -0.4 is 0 Å². The van der Waals surface area contributed by atoms with E-state index in [9.17, 15) is 25.0 Å². The van der Waals surface area contributed by atoms with Gasteiger partial charge in [0.1, 0.15) is 0 Å². The maximum Gasteiger partial charge on any atom is 0.331 e. The number of benzene rings is 1. The molecule has 0 aromatic heterocycles. The minimum absolute atomic E-state index is 0.0674. The van der Waals surface area contributed by atoms with Gasteiger partial charge in [-0.1, -0.05) is 26.0 Å². The number of hydrogen-bond donors (Lipinski definition) is 0. The molecule has 0 saturated heterocycles. The molecule has 134 valence electrons. The quantitative estimate of drug-likeness (QED) is 0.402. The van der Waals surface area contributed by atoms with Crippen LogP contribution in [-0.4, -0.2) is 30.6 Å². The molecule has 1 unspecified atom stereocenters. The number of nitro groups is 1. The summed E-state index contributed by atoms with van der Waals surface area (Å²) in [6.45, 7) is 3.82. The van der Waals surface area contributed by atoms with Gasteiger partial charge in [0.25, 0.3) is 5.69 Å². The fraction of sp³-hybridized carbons (Fsp3) is 0.471. The number of ether oxygens (including phenoxy) is 2. The molecule has 1 aromatic rings. The van der Waals surface area contributed by atoms with Crippen molar-refractivity contribution in [2.45, 2.75) is 32.1 Å². The first kappa shape index (κ1) is 20.1. The number of carbonyl (C=O) groups excluding carboxylic acids is 2. The number of non-ortho nitro benzene ring substituents is 1. The fourth-order valence-corrected chi connectivity index (χ4v) is 2.16. The van der Waals surface area contributed by atoms with Gasteiger partial charge in [0.05, 0.1) is 24.7 Å². The van der Waals surface area contributed by atoms with Crippen LogP contribution in [0, 0.1) is 27.4 Å². The van der Waals surface area contributed by atoms with E-state index in [-0.39, 0.29) is 36.6 Å². The molecule has 0 amide bonds. The Bertz CT molecular complexity index is 677. The van der Waals surface area contributed by atoms with Gasteiger partial charge in [0.2, 0.25) is 0 Å². The Kier molecular flexibility index (Phi) is 7.06. The second kappa shape index (κ2) is 8.78. The van der Waals surface area contributed by atoms with Crippen LogP contribution in [0.2, 0.25) is 0 Å². The summed E-state index contributed by atoms with van der Waals surface area (Å²) in [5.74, 6) is -1.29. The van der Waals surface area contributed by atoms with Gasteiger partial charge in [-0.15, -0.1) is 0 Å². The molecular formula is C17H20N2O6. The Labute approximate surface area is 145 Å². The van der Waals surface area contributed by atoms with E-state index < -0.39 is 22.3 Å². The number of nitriles is 1. The molecule has 0 saturated carbocycles. The highest BCUT2D eigenvalue weighted by molar-refractivity contribution is 5.87. The van der Waals surface area contributed by atoms with Crippen LogP contribution in [0.3, 0.4) is 0 Å². The van der Waals surface area contributed by atoms with Gasteiger partial charge in [-0.05, 0) is 17.9 Å². The number of hydrogen-bond acceptors (Lipinski definition) is 7. The molecule has 1 aromatic carbocycles. The van der Waals surface area contributed by atoms with Gasteiger partial charge in [0, 0.05) is 18.6 Å². The van der Waals surface area contributed by atoms with E-state index in [2.05, 4.69) is 4.74 Å². The van der Waals surface area contributed by atoms with Crippen molar-refractivity contribution in [3.8, 4) is 6.07 Å². The number of carbonyl (C=O) groups is 2. The Morgan fingerprint density at radius 2 is 1.92 bits per heavy atom. The molecule has 1 rings (SSSR count). The van der Waals surface area contributed by atoms with E-state index in [0.29, 0.717) is 0 Å². The summed E-state index contributed by atoms with van der Waals surface area (Å²) in [6.07, 6.45) is -0.317. The van der Waals surface area contributed by atoms with Crippen molar-refractivity contribution >= 4 is 17.6 Å². The summed E-state index contributed by atoms with van der Waals surface area (Å²) in [5, 5.41) is 20.5. The van der Waals surface area contributed by atoms with Crippen molar-refractivity contribution in [1.82, 2.24) is 0 Å². The van der Waals surface area contributed by atoms with Gasteiger partial charge < -0.3 is 9.47 Å². The summed E-state index contributed by atoms with van der Waals surface area (Å²) < 4.78 is 9.78. The van der Waals surface area contributed by atoms with Crippen molar-refractivity contribution in [3.05, 3.63) is 39.9 Å². The van der Waals surface area contributed by atoms with Gasteiger partial charge >= 0.3 is 11.9 Å². The molecule has 8 nitrogen and oxygen atoms in total. The SMILES string of the molecule is COC(=O)CCC(C#N)(C(=O)OCC(C)C)c1ccc([N+](=O)[O-])cc1. The molecule has 25 heavy (non-hydrogen) atoms. The van der Waals surface area contributed by atoms with Crippen LogP contribution >= 0.6 is 0 Å². The molecule has 0 aliphatic heterocycles. The molecule has 0 radical (unpaired) electrons. The zero-order chi connectivity index (χ0) is 19.0. The average Bonchev–Trinajstić information content (AvgIpc) is 2.60. The number of rotatable bonds is 8. The Morgan fingerprint density at radius 3 is 2.36 bits per heavy atom. The number of methoxy groups -OCH3 is 1. The van der Waals surface area contributed by atoms with Gasteiger partial charge in [-0.3, -0.25) is 14.9 Å². The average molecular weight is 348 g/mol. The standard InChI is InChI=1S/C17H20N2O6/c1-12(2)10-25-16(21)17(11-18,9-8-15(20)24-3)13-4-6-14(7-5-13)19(22)23/h4-7,12H,8-10H2,1-3H3. The molecule has 0 aliphatic carbocycles. The molecule has 0 aliphatic rings.